The molecule has 0 saturated carbocycles. The summed E-state index contributed by atoms with van der Waals surface area (Å²) in [5.41, 5.74) is -4.44. The van der Waals surface area contributed by atoms with Crippen molar-refractivity contribution in [2.75, 3.05) is 13.2 Å². The van der Waals surface area contributed by atoms with Crippen molar-refractivity contribution < 1.29 is 59.8 Å². The van der Waals surface area contributed by atoms with E-state index >= 15 is 0 Å². The zero-order chi connectivity index (χ0) is 28.8. The first-order chi connectivity index (χ1) is 18.3. The topological polar surface area (TPSA) is 256 Å². The predicted molar refractivity (Wildman–Crippen MR) is 124 cm³/mol. The SMILES string of the molecule is O=[N+]([O-])c1ccc([C@]2(O)O[C@H](CO)[C@@H](O[C@]3(c4ccccc4)OC[C@@H](O)[C@H](O)[C@]3(O)[N+](=O)[O-])[C@H](O)[C@H]2O)cc1. The molecule has 2 fully saturated rings. The van der Waals surface area contributed by atoms with Gasteiger partial charge in [0.1, 0.15) is 30.5 Å². The second-order valence-electron chi connectivity index (χ2n) is 9.15. The van der Waals surface area contributed by atoms with Gasteiger partial charge in [-0.3, -0.25) is 20.2 Å². The summed E-state index contributed by atoms with van der Waals surface area (Å²) >= 11 is 0. The van der Waals surface area contributed by atoms with Gasteiger partial charge in [0.05, 0.1) is 23.1 Å². The second-order valence-corrected chi connectivity index (χ2v) is 9.15. The lowest BCUT2D eigenvalue weighted by molar-refractivity contribution is -0.699. The van der Waals surface area contributed by atoms with Crippen molar-refractivity contribution in [3.05, 3.63) is 86.0 Å². The van der Waals surface area contributed by atoms with E-state index in [4.69, 9.17) is 14.2 Å². The standard InChI is InChI=1S/C23H26N2O14/c26-10-16-18(17(28)20(30)21(31,38-16)12-6-8-14(9-7-12)24(33)34)39-23(13-4-2-1-3-5-13)22(32,25(35)36)19(29)15(27)11-37-23/h1-9,15-20,26-32H,10-11H2/t15-,16-,17+,18-,19+,20-,21+,22-,23+/m1/s1. The van der Waals surface area contributed by atoms with E-state index in [-0.39, 0.29) is 16.8 Å². The third kappa shape index (κ3) is 4.45. The second kappa shape index (κ2) is 10.4. The zero-order valence-corrected chi connectivity index (χ0v) is 20.0. The summed E-state index contributed by atoms with van der Waals surface area (Å²) in [6.45, 7) is -1.80. The van der Waals surface area contributed by atoms with E-state index in [0.29, 0.717) is 0 Å². The fourth-order valence-electron chi connectivity index (χ4n) is 4.77. The first-order valence-corrected chi connectivity index (χ1v) is 11.6. The molecule has 0 amide bonds. The van der Waals surface area contributed by atoms with Gasteiger partial charge in [0.25, 0.3) is 11.5 Å². The van der Waals surface area contributed by atoms with Crippen molar-refractivity contribution in [3.63, 3.8) is 0 Å². The first kappa shape index (κ1) is 28.8. The molecule has 0 radical (unpaired) electrons. The van der Waals surface area contributed by atoms with E-state index in [2.05, 4.69) is 0 Å². The normalized spacial score (nSPS) is 38.7. The number of nitrogens with zero attached hydrogens (tertiary/aromatic N) is 2. The number of rotatable bonds is 7. The molecule has 0 aromatic heterocycles. The summed E-state index contributed by atoms with van der Waals surface area (Å²) in [5, 5.41) is 98.1. The Kier molecular flexibility index (Phi) is 7.71. The molecule has 16 heteroatoms. The Morgan fingerprint density at radius 1 is 0.923 bits per heavy atom. The van der Waals surface area contributed by atoms with E-state index in [1.54, 1.807) is 0 Å². The highest BCUT2D eigenvalue weighted by molar-refractivity contribution is 5.36. The van der Waals surface area contributed by atoms with Gasteiger partial charge in [-0.2, -0.15) is 0 Å². The largest absolute Gasteiger partial charge is 0.409 e. The summed E-state index contributed by atoms with van der Waals surface area (Å²) in [6.07, 6.45) is -12.6. The minimum atomic E-state index is -3.59. The van der Waals surface area contributed by atoms with E-state index in [1.807, 2.05) is 0 Å². The molecule has 0 spiro atoms. The molecular weight excluding hydrogens is 528 g/mol. The maximum Gasteiger partial charge on any atom is 0.409 e. The molecule has 2 aliphatic rings. The highest BCUT2D eigenvalue weighted by Crippen LogP contribution is 2.48. The van der Waals surface area contributed by atoms with Crippen LogP contribution in [-0.4, -0.2) is 101 Å². The third-order valence-electron chi connectivity index (χ3n) is 6.88. The lowest BCUT2D eigenvalue weighted by atomic mass is 9.83. The smallest absolute Gasteiger partial charge is 0.394 e. The summed E-state index contributed by atoms with van der Waals surface area (Å²) in [7, 11) is 0. The molecule has 2 aliphatic heterocycles. The van der Waals surface area contributed by atoms with Crippen LogP contribution in [0, 0.1) is 20.2 Å². The monoisotopic (exact) mass is 554 g/mol. The Bertz CT molecular complexity index is 1200. The quantitative estimate of drug-likeness (QED) is 0.109. The van der Waals surface area contributed by atoms with Crippen LogP contribution < -0.4 is 0 Å². The van der Waals surface area contributed by atoms with Crippen LogP contribution in [0.25, 0.3) is 0 Å². The molecule has 0 bridgehead atoms. The zero-order valence-electron chi connectivity index (χ0n) is 20.0. The molecule has 2 aromatic rings. The number of nitro benzene ring substituents is 1. The molecule has 4 rings (SSSR count). The van der Waals surface area contributed by atoms with Crippen LogP contribution in [0.3, 0.4) is 0 Å². The van der Waals surface area contributed by atoms with Gasteiger partial charge in [0.2, 0.25) is 5.79 Å². The lowest BCUT2D eigenvalue weighted by Crippen LogP contribution is -2.75. The average Bonchev–Trinajstić information content (AvgIpc) is 2.93. The molecule has 9 atom stereocenters. The Morgan fingerprint density at radius 3 is 2.08 bits per heavy atom. The molecule has 0 aliphatic carbocycles. The third-order valence-corrected chi connectivity index (χ3v) is 6.88. The van der Waals surface area contributed by atoms with Crippen molar-refractivity contribution in [3.8, 4) is 0 Å². The molecule has 2 heterocycles. The van der Waals surface area contributed by atoms with Gasteiger partial charge in [-0.1, -0.05) is 30.3 Å². The number of ether oxygens (including phenoxy) is 3. The van der Waals surface area contributed by atoms with Gasteiger partial charge in [0.15, 0.2) is 6.10 Å². The Balaban J connectivity index is 1.78. The van der Waals surface area contributed by atoms with Crippen LogP contribution in [0.1, 0.15) is 11.1 Å². The van der Waals surface area contributed by atoms with Crippen LogP contribution in [-0.2, 0) is 25.8 Å². The van der Waals surface area contributed by atoms with E-state index in [1.165, 1.54) is 30.3 Å². The van der Waals surface area contributed by atoms with Crippen molar-refractivity contribution in [2.24, 2.45) is 0 Å². The van der Waals surface area contributed by atoms with Crippen molar-refractivity contribution in [2.45, 2.75) is 53.9 Å². The number of aliphatic hydroxyl groups excluding tert-OH is 5. The summed E-state index contributed by atoms with van der Waals surface area (Å²) in [4.78, 5) is 21.1. The van der Waals surface area contributed by atoms with E-state index in [0.717, 1.165) is 24.3 Å². The van der Waals surface area contributed by atoms with Gasteiger partial charge in [-0.15, -0.1) is 0 Å². The minimum Gasteiger partial charge on any atom is -0.394 e. The molecular formula is C23H26N2O14. The van der Waals surface area contributed by atoms with Gasteiger partial charge in [-0.05, 0) is 12.1 Å². The molecule has 39 heavy (non-hydrogen) atoms. The number of hydrogen-bond acceptors (Lipinski definition) is 14. The highest BCUT2D eigenvalue weighted by atomic mass is 16.8. The number of benzene rings is 2. The van der Waals surface area contributed by atoms with E-state index in [9.17, 15) is 56.0 Å². The highest BCUT2D eigenvalue weighted by Gasteiger charge is 2.75. The predicted octanol–water partition coefficient (Wildman–Crippen LogP) is -2.19. The molecule has 0 unspecified atom stereocenters. The maximum absolute atomic E-state index is 12.2. The van der Waals surface area contributed by atoms with Gasteiger partial charge in [0, 0.05) is 23.3 Å². The van der Waals surface area contributed by atoms with Crippen molar-refractivity contribution in [1.29, 1.82) is 0 Å². The number of hydrogen-bond donors (Lipinski definition) is 7. The summed E-state index contributed by atoms with van der Waals surface area (Å²) in [5.74, 6) is -5.69. The van der Waals surface area contributed by atoms with Crippen LogP contribution in [0.4, 0.5) is 5.69 Å². The van der Waals surface area contributed by atoms with Crippen molar-refractivity contribution >= 4 is 5.69 Å². The Morgan fingerprint density at radius 2 is 1.54 bits per heavy atom. The first-order valence-electron chi connectivity index (χ1n) is 11.6. The molecule has 2 aromatic carbocycles. The van der Waals surface area contributed by atoms with Crippen LogP contribution in [0.5, 0.6) is 0 Å². The van der Waals surface area contributed by atoms with Gasteiger partial charge < -0.3 is 50.0 Å². The fourth-order valence-corrected chi connectivity index (χ4v) is 4.77. The van der Waals surface area contributed by atoms with Crippen LogP contribution in [0.2, 0.25) is 0 Å². The maximum atomic E-state index is 12.2. The minimum absolute atomic E-state index is 0.246. The van der Waals surface area contributed by atoms with E-state index < -0.39 is 77.0 Å². The Hall–Kier alpha value is -3.16. The molecule has 16 nitrogen and oxygen atoms in total. The van der Waals surface area contributed by atoms with Crippen LogP contribution in [0.15, 0.2) is 54.6 Å². The average molecular weight is 554 g/mol. The molecule has 7 N–H and O–H groups in total. The fraction of sp³-hybridized carbons (Fsp3) is 0.478. The van der Waals surface area contributed by atoms with Crippen molar-refractivity contribution in [1.82, 2.24) is 0 Å². The lowest BCUT2D eigenvalue weighted by Gasteiger charge is -2.52. The number of aliphatic hydroxyl groups is 7. The van der Waals surface area contributed by atoms with Gasteiger partial charge >= 0.3 is 5.72 Å². The number of non-ortho nitro benzene ring substituents is 1. The number of nitro groups is 2. The van der Waals surface area contributed by atoms with Crippen LogP contribution >= 0.6 is 0 Å². The summed E-state index contributed by atoms with van der Waals surface area (Å²) in [6, 6.07) is 10.8. The molecule has 2 saturated heterocycles. The Labute approximate surface area is 219 Å². The van der Waals surface area contributed by atoms with Gasteiger partial charge in [-0.25, -0.2) is 0 Å². The molecule has 212 valence electrons. The summed E-state index contributed by atoms with van der Waals surface area (Å²) < 4.78 is 16.8.